The van der Waals surface area contributed by atoms with Gasteiger partial charge in [0.15, 0.2) is 6.61 Å². The molecule has 0 bridgehead atoms. The van der Waals surface area contributed by atoms with E-state index in [1.807, 2.05) is 37.3 Å². The molecular weight excluding hydrogens is 360 g/mol. The number of aromatic nitrogens is 1. The summed E-state index contributed by atoms with van der Waals surface area (Å²) in [7, 11) is 0. The molecule has 3 aromatic rings. The van der Waals surface area contributed by atoms with Crippen LogP contribution in [-0.4, -0.2) is 23.5 Å². The van der Waals surface area contributed by atoms with Gasteiger partial charge in [-0.15, -0.1) is 11.3 Å². The number of hydrogen-bond donors (Lipinski definition) is 1. The van der Waals surface area contributed by atoms with Crippen molar-refractivity contribution < 1.29 is 14.3 Å². The number of anilines is 1. The lowest BCUT2D eigenvalue weighted by atomic mass is 10.2. The molecule has 5 nitrogen and oxygen atoms in total. The SMILES string of the molecule is Cc1ccc2nc(-c3ccc(NC(=O)COC(=O)[C@@H]4C[C@H]4C)cc3)sc2c1. The molecule has 0 aliphatic heterocycles. The Morgan fingerprint density at radius 2 is 1.96 bits per heavy atom. The van der Waals surface area contributed by atoms with Crippen LogP contribution in [0.5, 0.6) is 0 Å². The molecule has 0 saturated heterocycles. The molecule has 138 valence electrons. The summed E-state index contributed by atoms with van der Waals surface area (Å²) in [6.07, 6.45) is 0.854. The van der Waals surface area contributed by atoms with Crippen molar-refractivity contribution >= 4 is 39.1 Å². The smallest absolute Gasteiger partial charge is 0.309 e. The van der Waals surface area contributed by atoms with Crippen LogP contribution in [0.1, 0.15) is 18.9 Å². The molecule has 1 aromatic heterocycles. The van der Waals surface area contributed by atoms with Crippen molar-refractivity contribution in [3.05, 3.63) is 48.0 Å². The summed E-state index contributed by atoms with van der Waals surface area (Å²) in [4.78, 5) is 28.3. The van der Waals surface area contributed by atoms with E-state index >= 15 is 0 Å². The molecule has 2 atom stereocenters. The van der Waals surface area contributed by atoms with E-state index in [4.69, 9.17) is 4.74 Å². The Morgan fingerprint density at radius 1 is 1.22 bits per heavy atom. The fraction of sp³-hybridized carbons (Fsp3) is 0.286. The first-order valence-electron chi connectivity index (χ1n) is 8.94. The van der Waals surface area contributed by atoms with Crippen molar-refractivity contribution in [1.82, 2.24) is 4.98 Å². The topological polar surface area (TPSA) is 68.3 Å². The van der Waals surface area contributed by atoms with E-state index in [-0.39, 0.29) is 24.4 Å². The van der Waals surface area contributed by atoms with Gasteiger partial charge in [-0.05, 0) is 61.2 Å². The number of amides is 1. The van der Waals surface area contributed by atoms with Gasteiger partial charge in [0.2, 0.25) is 0 Å². The van der Waals surface area contributed by atoms with Crippen LogP contribution in [0.2, 0.25) is 0 Å². The van der Waals surface area contributed by atoms with Gasteiger partial charge in [-0.1, -0.05) is 13.0 Å². The summed E-state index contributed by atoms with van der Waals surface area (Å²) in [5.41, 5.74) is 3.87. The Kier molecular flexibility index (Phi) is 4.66. The van der Waals surface area contributed by atoms with Crippen molar-refractivity contribution in [3.63, 3.8) is 0 Å². The van der Waals surface area contributed by atoms with Crippen LogP contribution in [0.25, 0.3) is 20.8 Å². The predicted molar refractivity (Wildman–Crippen MR) is 107 cm³/mol. The van der Waals surface area contributed by atoms with Crippen molar-refractivity contribution in [2.45, 2.75) is 20.3 Å². The number of esters is 1. The molecule has 1 aliphatic carbocycles. The van der Waals surface area contributed by atoms with Gasteiger partial charge >= 0.3 is 5.97 Å². The van der Waals surface area contributed by atoms with Crippen molar-refractivity contribution in [2.75, 3.05) is 11.9 Å². The molecule has 1 N–H and O–H groups in total. The number of carbonyl (C=O) groups excluding carboxylic acids is 2. The highest BCUT2D eigenvalue weighted by molar-refractivity contribution is 7.21. The fourth-order valence-corrected chi connectivity index (χ4v) is 4.01. The highest BCUT2D eigenvalue weighted by Crippen LogP contribution is 2.38. The fourth-order valence-electron chi connectivity index (χ4n) is 2.94. The van der Waals surface area contributed by atoms with Crippen LogP contribution in [0.3, 0.4) is 0 Å². The second kappa shape index (κ2) is 7.12. The van der Waals surface area contributed by atoms with E-state index in [2.05, 4.69) is 29.4 Å². The summed E-state index contributed by atoms with van der Waals surface area (Å²) >= 11 is 1.65. The zero-order valence-corrected chi connectivity index (χ0v) is 16.0. The third kappa shape index (κ3) is 4.01. The summed E-state index contributed by atoms with van der Waals surface area (Å²) in [6, 6.07) is 13.7. The van der Waals surface area contributed by atoms with Gasteiger partial charge in [0.05, 0.1) is 16.1 Å². The minimum absolute atomic E-state index is 0.0327. The summed E-state index contributed by atoms with van der Waals surface area (Å²) in [5, 5.41) is 3.69. The molecule has 1 fully saturated rings. The standard InChI is InChI=1S/C21H20N2O3S/c1-12-3-8-17-18(9-12)27-20(23-17)14-4-6-15(7-5-14)22-19(24)11-26-21(25)16-10-13(16)2/h3-9,13,16H,10-11H2,1-2H3,(H,22,24)/t13-,16-/m1/s1. The number of aryl methyl sites for hydroxylation is 1. The van der Waals surface area contributed by atoms with Crippen LogP contribution in [0.15, 0.2) is 42.5 Å². The number of rotatable bonds is 5. The molecule has 4 rings (SSSR count). The molecule has 0 radical (unpaired) electrons. The Labute approximate surface area is 161 Å². The lowest BCUT2D eigenvalue weighted by molar-refractivity contribution is -0.148. The van der Waals surface area contributed by atoms with Crippen molar-refractivity contribution in [3.8, 4) is 10.6 Å². The zero-order chi connectivity index (χ0) is 19.0. The molecule has 27 heavy (non-hydrogen) atoms. The third-order valence-corrected chi connectivity index (χ3v) is 5.78. The molecular formula is C21H20N2O3S. The maximum Gasteiger partial charge on any atom is 0.309 e. The Bertz CT molecular complexity index is 1010. The summed E-state index contributed by atoms with van der Waals surface area (Å²) < 4.78 is 6.21. The number of thiazole rings is 1. The van der Waals surface area contributed by atoms with E-state index in [0.29, 0.717) is 11.6 Å². The predicted octanol–water partition coefficient (Wildman–Crippen LogP) is 4.41. The first kappa shape index (κ1) is 17.7. The monoisotopic (exact) mass is 380 g/mol. The van der Waals surface area contributed by atoms with E-state index < -0.39 is 0 Å². The third-order valence-electron chi connectivity index (χ3n) is 4.72. The van der Waals surface area contributed by atoms with Crippen LogP contribution in [0, 0.1) is 18.8 Å². The normalized spacial score (nSPS) is 18.3. The Hall–Kier alpha value is -2.73. The van der Waals surface area contributed by atoms with Gasteiger partial charge in [-0.2, -0.15) is 0 Å². The average molecular weight is 380 g/mol. The minimum Gasteiger partial charge on any atom is -0.455 e. The number of ether oxygens (including phenoxy) is 1. The van der Waals surface area contributed by atoms with Crippen LogP contribution in [-0.2, 0) is 14.3 Å². The lowest BCUT2D eigenvalue weighted by Crippen LogP contribution is -2.21. The molecule has 6 heteroatoms. The van der Waals surface area contributed by atoms with Crippen LogP contribution in [0.4, 0.5) is 5.69 Å². The van der Waals surface area contributed by atoms with Gasteiger partial charge in [0.1, 0.15) is 5.01 Å². The average Bonchev–Trinajstić information content (AvgIpc) is 3.23. The van der Waals surface area contributed by atoms with E-state index in [1.54, 1.807) is 11.3 Å². The number of fused-ring (bicyclic) bond motifs is 1. The van der Waals surface area contributed by atoms with Gasteiger partial charge < -0.3 is 10.1 Å². The molecule has 0 unspecified atom stereocenters. The van der Waals surface area contributed by atoms with E-state index in [1.165, 1.54) is 5.56 Å². The first-order valence-corrected chi connectivity index (χ1v) is 9.75. The molecule has 1 saturated carbocycles. The quantitative estimate of drug-likeness (QED) is 0.666. The molecule has 1 aliphatic rings. The Balaban J connectivity index is 1.37. The van der Waals surface area contributed by atoms with E-state index in [9.17, 15) is 9.59 Å². The molecule has 1 heterocycles. The second-order valence-electron chi connectivity index (χ2n) is 7.04. The van der Waals surface area contributed by atoms with Crippen LogP contribution < -0.4 is 5.32 Å². The number of nitrogens with one attached hydrogen (secondary N) is 1. The van der Waals surface area contributed by atoms with Gasteiger partial charge in [-0.3, -0.25) is 9.59 Å². The highest BCUT2D eigenvalue weighted by Gasteiger charge is 2.40. The van der Waals surface area contributed by atoms with Crippen molar-refractivity contribution in [2.24, 2.45) is 11.8 Å². The van der Waals surface area contributed by atoms with Gasteiger partial charge in [0.25, 0.3) is 5.91 Å². The number of hydrogen-bond acceptors (Lipinski definition) is 5. The largest absolute Gasteiger partial charge is 0.455 e. The van der Waals surface area contributed by atoms with Crippen molar-refractivity contribution in [1.29, 1.82) is 0 Å². The second-order valence-corrected chi connectivity index (χ2v) is 8.07. The number of nitrogens with zero attached hydrogens (tertiary/aromatic N) is 1. The maximum absolute atomic E-state index is 11.9. The highest BCUT2D eigenvalue weighted by atomic mass is 32.1. The molecule has 1 amide bonds. The molecule has 0 spiro atoms. The van der Waals surface area contributed by atoms with Gasteiger partial charge in [-0.25, -0.2) is 4.98 Å². The summed E-state index contributed by atoms with van der Waals surface area (Å²) in [6.45, 7) is 3.82. The number of carbonyl (C=O) groups is 2. The van der Waals surface area contributed by atoms with Crippen LogP contribution >= 0.6 is 11.3 Å². The maximum atomic E-state index is 11.9. The molecule has 2 aromatic carbocycles. The van der Waals surface area contributed by atoms with Gasteiger partial charge in [0, 0.05) is 11.3 Å². The minimum atomic E-state index is -0.333. The lowest BCUT2D eigenvalue weighted by Gasteiger charge is -2.07. The first-order chi connectivity index (χ1) is 13.0. The Morgan fingerprint density at radius 3 is 2.67 bits per heavy atom. The zero-order valence-electron chi connectivity index (χ0n) is 15.2. The summed E-state index contributed by atoms with van der Waals surface area (Å²) in [5.74, 6) is -0.270. The number of benzene rings is 2. The van der Waals surface area contributed by atoms with E-state index in [0.717, 1.165) is 27.2 Å².